The van der Waals surface area contributed by atoms with Crippen molar-refractivity contribution in [2.45, 2.75) is 0 Å². The largest absolute Gasteiger partial charge is 0.693 e. The second-order valence-corrected chi connectivity index (χ2v) is 0. The minimum atomic E-state index is 0. The zero-order valence-electron chi connectivity index (χ0n) is 1.85. The van der Waals surface area contributed by atoms with Crippen molar-refractivity contribution in [3.8, 4) is 0 Å². The molecule has 0 aromatic heterocycles. The molecule has 0 aliphatic carbocycles. The Balaban J connectivity index is -0.00000000500. The van der Waals surface area contributed by atoms with Crippen molar-refractivity contribution in [1.29, 1.82) is 0 Å². The minimum Gasteiger partial charge on any atom is -0.693 e. The molecule has 0 aromatic rings. The molecule has 0 saturated heterocycles. The van der Waals surface area contributed by atoms with Gasteiger partial charge in [0.2, 0.25) is 0 Å². The maximum Gasteiger partial charge on any atom is -0.693 e. The molecule has 0 atom stereocenters. The van der Waals surface area contributed by atoms with E-state index in [2.05, 4.69) is 24.8 Å². The molecule has 0 unspecified atom stereocenters. The zero-order valence-corrected chi connectivity index (χ0v) is 3.59. The third-order valence-electron chi connectivity index (χ3n) is 0. The first kappa shape index (κ1) is 22.2. The van der Waals surface area contributed by atoms with Crippen LogP contribution in [0.4, 0.5) is 0 Å². The quantitative estimate of drug-likeness (QED) is 0.446. The average Bonchev–Trinajstić information content (AvgIpc) is 1.00. The van der Waals surface area contributed by atoms with Gasteiger partial charge >= 0.3 is 24.8 Å². The van der Waals surface area contributed by atoms with Gasteiger partial charge in [-0.3, -0.25) is 0 Å². The molecular weight excluding hydrogens is 122 g/mol. The monoisotopic (exact) mass is 125 g/mol. The molecule has 0 saturated carbocycles. The normalized spacial score (nSPS) is 1.75. The van der Waals surface area contributed by atoms with Gasteiger partial charge in [-0.15, -0.1) is 0 Å². The number of hydrogen-bond acceptors (Lipinski definition) is 0. The maximum absolute atomic E-state index is 4.26. The molecule has 0 amide bonds. The van der Waals surface area contributed by atoms with Gasteiger partial charge in [-0.1, -0.05) is 0 Å². The number of rotatable bonds is 0. The van der Waals surface area contributed by atoms with Crippen molar-refractivity contribution >= 4 is 10.2 Å². The topological polar surface area (TPSA) is 67.0 Å². The molecule has 4 N–H and O–H groups in total. The van der Waals surface area contributed by atoms with E-state index in [4.69, 9.17) is 0 Å². The van der Waals surface area contributed by atoms with Crippen molar-refractivity contribution in [1.82, 2.24) is 0 Å². The summed E-state index contributed by atoms with van der Waals surface area (Å²) in [5.74, 6) is 0. The van der Waals surface area contributed by atoms with E-state index in [0.29, 0.717) is 0 Å². The van der Waals surface area contributed by atoms with Crippen LogP contribution in [0, 0.1) is 0 Å². The molecule has 0 heterocycles. The van der Waals surface area contributed by atoms with E-state index >= 15 is 0 Å². The zero-order chi connectivity index (χ0) is 2.00. The molecule has 0 bridgehead atoms. The SMILES string of the molecule is [Cl][Ni].[NH2-].[NH2-]. The predicted octanol–water partition coefficient (Wildman–Crippen LogP) is 2.12. The van der Waals surface area contributed by atoms with E-state index in [1.165, 1.54) is 0 Å². The standard InChI is InChI=1S/ClH.2H2N.Ni/h1H;2*1H2;/q;2*-1;+1/p-1. The van der Waals surface area contributed by atoms with Crippen molar-refractivity contribution in [2.24, 2.45) is 0 Å². The van der Waals surface area contributed by atoms with Gasteiger partial charge in [0, 0.05) is 0 Å². The van der Waals surface area contributed by atoms with Crippen LogP contribution in [0.2, 0.25) is 0 Å². The Labute approximate surface area is 37.7 Å². The smallest absolute Gasteiger partial charge is 0.693 e. The molecule has 0 spiro atoms. The summed E-state index contributed by atoms with van der Waals surface area (Å²) < 4.78 is 0. The number of halogens is 1. The summed E-state index contributed by atoms with van der Waals surface area (Å²) >= 11 is 3.35. The minimum absolute atomic E-state index is 0. The van der Waals surface area contributed by atoms with Gasteiger partial charge in [0.1, 0.15) is 0 Å². The fraction of sp³-hybridized carbons (Fsp3) is 0. The molecular formula is H4ClN2Ni-2. The van der Waals surface area contributed by atoms with Crippen LogP contribution in [-0.2, 0) is 14.6 Å². The van der Waals surface area contributed by atoms with Gasteiger partial charge in [-0.2, -0.15) is 0 Å². The van der Waals surface area contributed by atoms with Crippen LogP contribution in [0.15, 0.2) is 0 Å². The summed E-state index contributed by atoms with van der Waals surface area (Å²) in [5.41, 5.74) is 0. The van der Waals surface area contributed by atoms with Crippen molar-refractivity contribution in [3.63, 3.8) is 0 Å². The van der Waals surface area contributed by atoms with Gasteiger partial charge in [-0.25, -0.2) is 0 Å². The first-order valence-corrected chi connectivity index (χ1v) is 1.48. The number of hydrogen-bond donors (Lipinski definition) is 0. The van der Waals surface area contributed by atoms with Crippen molar-refractivity contribution < 1.29 is 14.6 Å². The Morgan fingerprint density at radius 2 is 1.00 bits per heavy atom. The van der Waals surface area contributed by atoms with Gasteiger partial charge < -0.3 is 12.3 Å². The second-order valence-electron chi connectivity index (χ2n) is 0. The molecule has 33 valence electrons. The van der Waals surface area contributed by atoms with E-state index in [1.807, 2.05) is 0 Å². The van der Waals surface area contributed by atoms with Crippen LogP contribution in [0.5, 0.6) is 0 Å². The molecule has 4 heavy (non-hydrogen) atoms. The summed E-state index contributed by atoms with van der Waals surface area (Å²) in [7, 11) is 4.26. The third-order valence-corrected chi connectivity index (χ3v) is 0. The first-order valence-electron chi connectivity index (χ1n) is 0.120. The van der Waals surface area contributed by atoms with Crippen LogP contribution in [0.1, 0.15) is 0 Å². The Hall–Kier alpha value is 0.704. The Bertz CT molecular complexity index is 6.00. The van der Waals surface area contributed by atoms with Crippen LogP contribution in [0.3, 0.4) is 0 Å². The van der Waals surface area contributed by atoms with Gasteiger partial charge in [-0.05, 0) is 0 Å². The number of nitrogens with two attached hydrogens (primary N) is 2. The van der Waals surface area contributed by atoms with Crippen molar-refractivity contribution in [3.05, 3.63) is 12.3 Å². The molecule has 0 rings (SSSR count). The summed E-state index contributed by atoms with van der Waals surface area (Å²) in [6.45, 7) is 0. The maximum atomic E-state index is 4.26. The van der Waals surface area contributed by atoms with E-state index in [1.54, 1.807) is 0 Å². The Morgan fingerprint density at radius 3 is 1.00 bits per heavy atom. The van der Waals surface area contributed by atoms with Gasteiger partial charge in [0.25, 0.3) is 0 Å². The fourth-order valence-electron chi connectivity index (χ4n) is 0. The molecule has 0 aliphatic rings. The van der Waals surface area contributed by atoms with Gasteiger partial charge in [0.05, 0.1) is 0 Å². The van der Waals surface area contributed by atoms with Crippen molar-refractivity contribution in [2.75, 3.05) is 0 Å². The van der Waals surface area contributed by atoms with Crippen LogP contribution < -0.4 is 0 Å². The van der Waals surface area contributed by atoms with E-state index < -0.39 is 0 Å². The summed E-state index contributed by atoms with van der Waals surface area (Å²) in [6, 6.07) is 0. The second kappa shape index (κ2) is 54.7. The van der Waals surface area contributed by atoms with Crippen LogP contribution >= 0.6 is 10.2 Å². The molecule has 0 fully saturated rings. The molecule has 0 aromatic carbocycles. The molecule has 4 heteroatoms. The first-order chi connectivity index (χ1) is 1.00. The molecule has 0 radical (unpaired) electrons. The Kier molecular flexibility index (Phi) is 304. The summed E-state index contributed by atoms with van der Waals surface area (Å²) in [6.07, 6.45) is 0. The third kappa shape index (κ3) is 15.9. The predicted molar refractivity (Wildman–Crippen MR) is 16.4 cm³/mol. The van der Waals surface area contributed by atoms with Gasteiger partial charge in [0.15, 0.2) is 0 Å². The average molecular weight is 126 g/mol. The Morgan fingerprint density at radius 1 is 1.00 bits per heavy atom. The van der Waals surface area contributed by atoms with Crippen LogP contribution in [0.25, 0.3) is 12.3 Å². The summed E-state index contributed by atoms with van der Waals surface area (Å²) in [5, 5.41) is 0. The summed E-state index contributed by atoms with van der Waals surface area (Å²) in [4.78, 5) is 0. The van der Waals surface area contributed by atoms with Crippen LogP contribution in [-0.4, -0.2) is 0 Å². The van der Waals surface area contributed by atoms with E-state index in [-0.39, 0.29) is 12.3 Å². The fourth-order valence-corrected chi connectivity index (χ4v) is 0. The molecule has 0 aliphatic heterocycles. The molecule has 2 nitrogen and oxygen atoms in total. The van der Waals surface area contributed by atoms with E-state index in [0.717, 1.165) is 0 Å². The van der Waals surface area contributed by atoms with E-state index in [9.17, 15) is 0 Å².